The molecule has 0 aliphatic carbocycles. The van der Waals surface area contributed by atoms with Crippen LogP contribution in [0.1, 0.15) is 5.56 Å². The van der Waals surface area contributed by atoms with Crippen LogP contribution in [0.2, 0.25) is 0 Å². The van der Waals surface area contributed by atoms with Gasteiger partial charge in [-0.15, -0.1) is 0 Å². The summed E-state index contributed by atoms with van der Waals surface area (Å²) in [5, 5.41) is 2.74. The summed E-state index contributed by atoms with van der Waals surface area (Å²) < 4.78 is 10.3. The molecule has 0 aromatic heterocycles. The molecule has 0 radical (unpaired) electrons. The number of nitrogens with zero attached hydrogens (tertiary/aromatic N) is 1. The number of benzene rings is 2. The van der Waals surface area contributed by atoms with Crippen molar-refractivity contribution in [1.82, 2.24) is 4.90 Å². The van der Waals surface area contributed by atoms with Gasteiger partial charge in [-0.2, -0.15) is 0 Å². The Hall–Kier alpha value is -3.28. The van der Waals surface area contributed by atoms with Crippen LogP contribution in [0.15, 0.2) is 54.6 Å². The van der Waals surface area contributed by atoms with Gasteiger partial charge in [-0.1, -0.05) is 18.2 Å². The Morgan fingerprint density at radius 1 is 1.04 bits per heavy atom. The number of methoxy groups -OCH3 is 2. The van der Waals surface area contributed by atoms with Gasteiger partial charge in [0.2, 0.25) is 11.8 Å². The summed E-state index contributed by atoms with van der Waals surface area (Å²) in [6, 6.07) is 14.4. The highest BCUT2D eigenvalue weighted by Crippen LogP contribution is 2.16. The lowest BCUT2D eigenvalue weighted by Gasteiger charge is -2.15. The van der Waals surface area contributed by atoms with Crippen molar-refractivity contribution in [3.63, 3.8) is 0 Å². The fourth-order valence-electron chi connectivity index (χ4n) is 2.23. The van der Waals surface area contributed by atoms with E-state index in [4.69, 9.17) is 9.47 Å². The van der Waals surface area contributed by atoms with Crippen molar-refractivity contribution >= 4 is 23.6 Å². The van der Waals surface area contributed by atoms with Crippen molar-refractivity contribution in [2.75, 3.05) is 33.1 Å². The zero-order chi connectivity index (χ0) is 18.9. The predicted octanol–water partition coefficient (Wildman–Crippen LogP) is 2.81. The van der Waals surface area contributed by atoms with E-state index in [-0.39, 0.29) is 18.4 Å². The second-order valence-corrected chi connectivity index (χ2v) is 5.58. The van der Waals surface area contributed by atoms with Crippen LogP contribution in [0.4, 0.5) is 5.69 Å². The average molecular weight is 354 g/mol. The molecule has 0 aliphatic rings. The highest BCUT2D eigenvalue weighted by atomic mass is 16.5. The van der Waals surface area contributed by atoms with Crippen molar-refractivity contribution < 1.29 is 19.1 Å². The number of rotatable bonds is 7. The number of hydrogen-bond donors (Lipinski definition) is 1. The average Bonchev–Trinajstić information content (AvgIpc) is 2.66. The number of amides is 2. The molecule has 2 amide bonds. The largest absolute Gasteiger partial charge is 0.497 e. The first-order valence-corrected chi connectivity index (χ1v) is 8.03. The molecule has 0 saturated carbocycles. The first kappa shape index (κ1) is 19.1. The van der Waals surface area contributed by atoms with E-state index in [1.54, 1.807) is 51.6 Å². The Morgan fingerprint density at radius 2 is 1.69 bits per heavy atom. The van der Waals surface area contributed by atoms with Gasteiger partial charge >= 0.3 is 0 Å². The zero-order valence-electron chi connectivity index (χ0n) is 15.1. The van der Waals surface area contributed by atoms with Crippen molar-refractivity contribution in [1.29, 1.82) is 0 Å². The van der Waals surface area contributed by atoms with E-state index in [9.17, 15) is 9.59 Å². The fourth-order valence-corrected chi connectivity index (χ4v) is 2.23. The summed E-state index contributed by atoms with van der Waals surface area (Å²) in [5.41, 5.74) is 1.45. The van der Waals surface area contributed by atoms with Crippen LogP contribution in [0.25, 0.3) is 6.08 Å². The molecule has 0 aliphatic heterocycles. The minimum absolute atomic E-state index is 0.0570. The predicted molar refractivity (Wildman–Crippen MR) is 101 cm³/mol. The SMILES string of the molecule is COc1cccc(C=CC(=O)N(C)CC(=O)Nc2cccc(OC)c2)c1. The summed E-state index contributed by atoms with van der Waals surface area (Å²) in [6.45, 7) is -0.0570. The lowest BCUT2D eigenvalue weighted by molar-refractivity contribution is -0.129. The Morgan fingerprint density at radius 3 is 2.38 bits per heavy atom. The Kier molecular flexibility index (Phi) is 6.79. The van der Waals surface area contributed by atoms with Crippen LogP contribution in [-0.2, 0) is 9.59 Å². The third kappa shape index (κ3) is 5.66. The molecule has 0 atom stereocenters. The number of carbonyl (C=O) groups is 2. The molecule has 6 heteroatoms. The number of likely N-dealkylation sites (N-methyl/N-ethyl adjacent to an activating group) is 1. The molecular formula is C20H22N2O4. The normalized spacial score (nSPS) is 10.4. The monoisotopic (exact) mass is 354 g/mol. The maximum atomic E-state index is 12.2. The van der Waals surface area contributed by atoms with Crippen LogP contribution in [0, 0.1) is 0 Å². The number of anilines is 1. The Balaban J connectivity index is 1.91. The lowest BCUT2D eigenvalue weighted by Crippen LogP contribution is -2.33. The van der Waals surface area contributed by atoms with Crippen LogP contribution in [0.5, 0.6) is 11.5 Å². The molecule has 2 rings (SSSR count). The lowest BCUT2D eigenvalue weighted by atomic mass is 10.2. The number of nitrogens with one attached hydrogen (secondary N) is 1. The maximum absolute atomic E-state index is 12.2. The van der Waals surface area contributed by atoms with Gasteiger partial charge in [-0.3, -0.25) is 9.59 Å². The van der Waals surface area contributed by atoms with E-state index in [0.717, 1.165) is 5.56 Å². The Labute approximate surface area is 153 Å². The van der Waals surface area contributed by atoms with E-state index < -0.39 is 0 Å². The molecular weight excluding hydrogens is 332 g/mol. The summed E-state index contributed by atoms with van der Waals surface area (Å²) in [7, 11) is 4.72. The van der Waals surface area contributed by atoms with Gasteiger partial charge in [-0.05, 0) is 35.9 Å². The van der Waals surface area contributed by atoms with Crippen molar-refractivity contribution in [2.45, 2.75) is 0 Å². The first-order valence-electron chi connectivity index (χ1n) is 8.03. The van der Waals surface area contributed by atoms with Gasteiger partial charge < -0.3 is 19.7 Å². The molecule has 1 N–H and O–H groups in total. The molecule has 6 nitrogen and oxygen atoms in total. The van der Waals surface area contributed by atoms with Crippen molar-refractivity contribution in [3.05, 3.63) is 60.2 Å². The van der Waals surface area contributed by atoms with Crippen LogP contribution in [-0.4, -0.2) is 44.5 Å². The molecule has 2 aromatic carbocycles. The third-order valence-corrected chi connectivity index (χ3v) is 3.62. The highest BCUT2D eigenvalue weighted by molar-refractivity contribution is 5.98. The van der Waals surface area contributed by atoms with Gasteiger partial charge in [0.15, 0.2) is 0 Å². The number of hydrogen-bond acceptors (Lipinski definition) is 4. The molecule has 0 fully saturated rings. The van der Waals surface area contributed by atoms with Gasteiger partial charge in [0.05, 0.1) is 20.8 Å². The van der Waals surface area contributed by atoms with E-state index in [1.807, 2.05) is 24.3 Å². The van der Waals surface area contributed by atoms with Crippen LogP contribution in [0.3, 0.4) is 0 Å². The van der Waals surface area contributed by atoms with Gasteiger partial charge in [0.25, 0.3) is 0 Å². The fraction of sp³-hybridized carbons (Fsp3) is 0.200. The molecule has 136 valence electrons. The second-order valence-electron chi connectivity index (χ2n) is 5.58. The van der Waals surface area contributed by atoms with E-state index in [0.29, 0.717) is 17.2 Å². The smallest absolute Gasteiger partial charge is 0.246 e. The van der Waals surface area contributed by atoms with Crippen molar-refractivity contribution in [2.24, 2.45) is 0 Å². The molecule has 0 spiro atoms. The van der Waals surface area contributed by atoms with Gasteiger partial charge in [-0.25, -0.2) is 0 Å². The highest BCUT2D eigenvalue weighted by Gasteiger charge is 2.11. The summed E-state index contributed by atoms with van der Waals surface area (Å²) in [6.07, 6.45) is 3.11. The van der Waals surface area contributed by atoms with E-state index in [1.165, 1.54) is 11.0 Å². The topological polar surface area (TPSA) is 67.9 Å². The quantitative estimate of drug-likeness (QED) is 0.777. The third-order valence-electron chi connectivity index (χ3n) is 3.62. The second kappa shape index (κ2) is 9.27. The van der Waals surface area contributed by atoms with Crippen LogP contribution >= 0.6 is 0 Å². The first-order chi connectivity index (χ1) is 12.5. The Bertz CT molecular complexity index is 802. The summed E-state index contributed by atoms with van der Waals surface area (Å²) in [4.78, 5) is 25.6. The minimum Gasteiger partial charge on any atom is -0.497 e. The number of carbonyl (C=O) groups excluding carboxylic acids is 2. The molecule has 0 heterocycles. The van der Waals surface area contributed by atoms with Crippen LogP contribution < -0.4 is 14.8 Å². The van der Waals surface area contributed by atoms with Gasteiger partial charge in [0, 0.05) is 24.9 Å². The zero-order valence-corrected chi connectivity index (χ0v) is 15.1. The van der Waals surface area contributed by atoms with Gasteiger partial charge in [0.1, 0.15) is 11.5 Å². The van der Waals surface area contributed by atoms with E-state index in [2.05, 4.69) is 5.32 Å². The minimum atomic E-state index is -0.288. The molecule has 0 saturated heterocycles. The van der Waals surface area contributed by atoms with Crippen molar-refractivity contribution in [3.8, 4) is 11.5 Å². The van der Waals surface area contributed by atoms with E-state index >= 15 is 0 Å². The molecule has 0 bridgehead atoms. The molecule has 26 heavy (non-hydrogen) atoms. The summed E-state index contributed by atoms with van der Waals surface area (Å²) in [5.74, 6) is 0.802. The molecule has 0 unspecified atom stereocenters. The maximum Gasteiger partial charge on any atom is 0.246 e. The number of ether oxygens (including phenoxy) is 2. The summed E-state index contributed by atoms with van der Waals surface area (Å²) >= 11 is 0. The molecule has 2 aromatic rings. The standard InChI is InChI=1S/C20H22N2O4/c1-22(14-19(23)21-16-7-5-9-18(13-16)26-3)20(24)11-10-15-6-4-8-17(12-15)25-2/h4-13H,14H2,1-3H3,(H,21,23).